The Labute approximate surface area is 118 Å². The molecule has 104 valence electrons. The highest BCUT2D eigenvalue weighted by molar-refractivity contribution is 5.69. The van der Waals surface area contributed by atoms with Gasteiger partial charge in [0, 0.05) is 5.56 Å². The van der Waals surface area contributed by atoms with Crippen molar-refractivity contribution in [3.8, 4) is 23.0 Å². The topological polar surface area (TPSA) is 95.1 Å². The zero-order valence-electron chi connectivity index (χ0n) is 10.7. The number of carbonyl (C=O) groups is 1. The van der Waals surface area contributed by atoms with Crippen LogP contribution in [0.1, 0.15) is 5.69 Å². The smallest absolute Gasteiger partial charge is 0.449 e. The van der Waals surface area contributed by atoms with Gasteiger partial charge in [0.25, 0.3) is 0 Å². The van der Waals surface area contributed by atoms with E-state index in [0.29, 0.717) is 12.2 Å². The molecule has 0 saturated heterocycles. The fourth-order valence-corrected chi connectivity index (χ4v) is 2.48. The second-order valence-electron chi connectivity index (χ2n) is 4.49. The number of aromatic nitrogens is 5. The van der Waals surface area contributed by atoms with Crippen LogP contribution in [0.3, 0.4) is 0 Å². The largest absolute Gasteiger partial charge is 0.512 e. The van der Waals surface area contributed by atoms with Crippen LogP contribution in [-0.2, 0) is 6.54 Å². The van der Waals surface area contributed by atoms with Gasteiger partial charge in [-0.15, -0.1) is 0 Å². The monoisotopic (exact) mass is 283 g/mol. The molecular formula is C13H9N5O3. The Balaban J connectivity index is 1.99. The third kappa shape index (κ3) is 1.69. The highest BCUT2D eigenvalue weighted by Gasteiger charge is 2.24. The SMILES string of the molecule is O=C(O)Oc1ncn2c1Cn1ncnc1-c1ccccc1-2. The van der Waals surface area contributed by atoms with Crippen LogP contribution in [0.5, 0.6) is 5.88 Å². The van der Waals surface area contributed by atoms with Gasteiger partial charge in [-0.3, -0.25) is 4.57 Å². The Morgan fingerprint density at radius 3 is 3.00 bits per heavy atom. The summed E-state index contributed by atoms with van der Waals surface area (Å²) < 4.78 is 8.22. The summed E-state index contributed by atoms with van der Waals surface area (Å²) in [6.45, 7) is 0.326. The van der Waals surface area contributed by atoms with Gasteiger partial charge in [0.1, 0.15) is 18.3 Å². The van der Waals surface area contributed by atoms with Crippen molar-refractivity contribution in [2.45, 2.75) is 6.54 Å². The molecule has 1 N–H and O–H groups in total. The number of imidazole rings is 1. The first-order chi connectivity index (χ1) is 10.2. The van der Waals surface area contributed by atoms with Crippen LogP contribution in [0, 0.1) is 0 Å². The fourth-order valence-electron chi connectivity index (χ4n) is 2.48. The highest BCUT2D eigenvalue weighted by Crippen LogP contribution is 2.32. The van der Waals surface area contributed by atoms with Crippen molar-refractivity contribution in [1.82, 2.24) is 24.3 Å². The number of carboxylic acid groups (broad SMARTS) is 1. The molecule has 0 fully saturated rings. The molecule has 0 atom stereocenters. The zero-order chi connectivity index (χ0) is 14.4. The van der Waals surface area contributed by atoms with Gasteiger partial charge in [0.15, 0.2) is 5.82 Å². The standard InChI is InChI=1S/C13H9N5O3/c19-13(20)21-12-10-5-18-11(14-6-16-18)8-3-1-2-4-9(8)17(10)7-15-12/h1-4,6-7H,5H2,(H,19,20). The number of rotatable bonds is 1. The van der Waals surface area contributed by atoms with Crippen LogP contribution in [0.2, 0.25) is 0 Å². The molecule has 8 heteroatoms. The van der Waals surface area contributed by atoms with Crippen LogP contribution >= 0.6 is 0 Å². The molecule has 0 saturated carbocycles. The van der Waals surface area contributed by atoms with E-state index in [-0.39, 0.29) is 5.88 Å². The van der Waals surface area contributed by atoms with Gasteiger partial charge in [-0.2, -0.15) is 5.10 Å². The predicted octanol–water partition coefficient (Wildman–Crippen LogP) is 1.55. The van der Waals surface area contributed by atoms with Crippen LogP contribution in [0.4, 0.5) is 4.79 Å². The van der Waals surface area contributed by atoms with Crippen LogP contribution in [0.25, 0.3) is 17.1 Å². The summed E-state index contributed by atoms with van der Waals surface area (Å²) >= 11 is 0. The molecule has 0 unspecified atom stereocenters. The van der Waals surface area contributed by atoms with E-state index in [0.717, 1.165) is 17.1 Å². The first-order valence-electron chi connectivity index (χ1n) is 6.18. The Kier molecular flexibility index (Phi) is 2.31. The predicted molar refractivity (Wildman–Crippen MR) is 70.3 cm³/mol. The molecule has 3 heterocycles. The van der Waals surface area contributed by atoms with Crippen molar-refractivity contribution in [2.75, 3.05) is 0 Å². The summed E-state index contributed by atoms with van der Waals surface area (Å²) in [5.74, 6) is 0.774. The molecule has 0 amide bonds. The molecule has 0 spiro atoms. The third-order valence-electron chi connectivity index (χ3n) is 3.33. The van der Waals surface area contributed by atoms with E-state index in [1.165, 1.54) is 6.33 Å². The second-order valence-corrected chi connectivity index (χ2v) is 4.49. The average molecular weight is 283 g/mol. The molecule has 21 heavy (non-hydrogen) atoms. The number of hydrogen-bond donors (Lipinski definition) is 1. The minimum atomic E-state index is -1.40. The van der Waals surface area contributed by atoms with Crippen molar-refractivity contribution in [3.05, 3.63) is 42.6 Å². The van der Waals surface area contributed by atoms with Crippen molar-refractivity contribution in [3.63, 3.8) is 0 Å². The molecule has 0 radical (unpaired) electrons. The van der Waals surface area contributed by atoms with E-state index in [4.69, 9.17) is 9.84 Å². The van der Waals surface area contributed by atoms with E-state index in [9.17, 15) is 4.79 Å². The van der Waals surface area contributed by atoms with E-state index < -0.39 is 6.16 Å². The number of para-hydroxylation sites is 1. The summed E-state index contributed by atoms with van der Waals surface area (Å²) in [6, 6.07) is 7.65. The summed E-state index contributed by atoms with van der Waals surface area (Å²) in [7, 11) is 0. The van der Waals surface area contributed by atoms with E-state index in [2.05, 4.69) is 15.1 Å². The lowest BCUT2D eigenvalue weighted by Crippen LogP contribution is -2.09. The van der Waals surface area contributed by atoms with Crippen LogP contribution < -0.4 is 4.74 Å². The van der Waals surface area contributed by atoms with Crippen molar-refractivity contribution in [2.24, 2.45) is 0 Å². The molecule has 8 nitrogen and oxygen atoms in total. The Morgan fingerprint density at radius 2 is 2.14 bits per heavy atom. The van der Waals surface area contributed by atoms with Gasteiger partial charge >= 0.3 is 6.16 Å². The maximum atomic E-state index is 10.8. The molecule has 1 aromatic carbocycles. The van der Waals surface area contributed by atoms with Gasteiger partial charge in [-0.25, -0.2) is 19.4 Å². The molecule has 2 aromatic heterocycles. The lowest BCUT2D eigenvalue weighted by atomic mass is 10.1. The van der Waals surface area contributed by atoms with Gasteiger partial charge in [-0.05, 0) is 12.1 Å². The summed E-state index contributed by atoms with van der Waals surface area (Å²) in [5.41, 5.74) is 2.36. The molecule has 1 aliphatic rings. The van der Waals surface area contributed by atoms with Gasteiger partial charge in [-0.1, -0.05) is 12.1 Å². The Hall–Kier alpha value is -3.16. The second kappa shape index (κ2) is 4.17. The zero-order valence-corrected chi connectivity index (χ0v) is 10.7. The Bertz CT molecular complexity index is 851. The summed E-state index contributed by atoms with van der Waals surface area (Å²) in [4.78, 5) is 19.1. The quantitative estimate of drug-likeness (QED) is 0.532. The average Bonchev–Trinajstić information content (AvgIpc) is 3.05. The highest BCUT2D eigenvalue weighted by atomic mass is 16.7. The number of hydrogen-bond acceptors (Lipinski definition) is 5. The summed E-state index contributed by atoms with van der Waals surface area (Å²) in [6.07, 6.45) is 1.61. The summed E-state index contributed by atoms with van der Waals surface area (Å²) in [5, 5.41) is 13.0. The molecule has 0 bridgehead atoms. The molecule has 0 aliphatic carbocycles. The van der Waals surface area contributed by atoms with E-state index >= 15 is 0 Å². The minimum Gasteiger partial charge on any atom is -0.449 e. The number of benzene rings is 1. The normalized spacial score (nSPS) is 12.0. The minimum absolute atomic E-state index is 0.0562. The Morgan fingerprint density at radius 1 is 1.29 bits per heavy atom. The number of nitrogens with zero attached hydrogens (tertiary/aromatic N) is 5. The maximum Gasteiger partial charge on any atom is 0.512 e. The molecule has 4 rings (SSSR count). The lowest BCUT2D eigenvalue weighted by molar-refractivity contribution is 0.142. The van der Waals surface area contributed by atoms with Crippen LogP contribution in [0.15, 0.2) is 36.9 Å². The van der Waals surface area contributed by atoms with Gasteiger partial charge < -0.3 is 9.84 Å². The molecule has 3 aromatic rings. The number of ether oxygens (including phenoxy) is 1. The van der Waals surface area contributed by atoms with Crippen LogP contribution in [-0.4, -0.2) is 35.6 Å². The van der Waals surface area contributed by atoms with Gasteiger partial charge in [0.2, 0.25) is 5.88 Å². The van der Waals surface area contributed by atoms with Crippen molar-refractivity contribution in [1.29, 1.82) is 0 Å². The number of fused-ring (bicyclic) bond motifs is 5. The van der Waals surface area contributed by atoms with Crippen molar-refractivity contribution < 1.29 is 14.6 Å². The van der Waals surface area contributed by atoms with E-state index in [1.54, 1.807) is 15.6 Å². The fraction of sp³-hybridized carbons (Fsp3) is 0.0769. The lowest BCUT2D eigenvalue weighted by Gasteiger charge is -2.07. The van der Waals surface area contributed by atoms with Gasteiger partial charge in [0.05, 0.1) is 12.2 Å². The molecular weight excluding hydrogens is 274 g/mol. The van der Waals surface area contributed by atoms with Crippen molar-refractivity contribution >= 4 is 6.16 Å². The molecule has 1 aliphatic heterocycles. The van der Waals surface area contributed by atoms with E-state index in [1.807, 2.05) is 24.3 Å². The maximum absolute atomic E-state index is 10.8. The third-order valence-corrected chi connectivity index (χ3v) is 3.33. The first-order valence-corrected chi connectivity index (χ1v) is 6.18. The first kappa shape index (κ1) is 11.6.